The number of carboxylic acids is 1. The number of anilines is 1. The van der Waals surface area contributed by atoms with Crippen molar-refractivity contribution in [3.05, 3.63) is 58.9 Å². The molecule has 2 aromatic rings. The zero-order valence-corrected chi connectivity index (χ0v) is 13.5. The third kappa shape index (κ3) is 3.47. The summed E-state index contributed by atoms with van der Waals surface area (Å²) in [5.41, 5.74) is -0.125. The Morgan fingerprint density at radius 1 is 1.31 bits per heavy atom. The second kappa shape index (κ2) is 6.67. The van der Waals surface area contributed by atoms with Gasteiger partial charge in [-0.15, -0.1) is 0 Å². The lowest BCUT2D eigenvalue weighted by atomic mass is 10.00. The Morgan fingerprint density at radius 2 is 2.08 bits per heavy atom. The van der Waals surface area contributed by atoms with Crippen molar-refractivity contribution in [3.8, 4) is 6.07 Å². The predicted molar refractivity (Wildman–Crippen MR) is 86.9 cm³/mol. The Hall–Kier alpha value is -3.08. The van der Waals surface area contributed by atoms with Gasteiger partial charge in [-0.25, -0.2) is 9.78 Å². The Morgan fingerprint density at radius 3 is 2.65 bits per heavy atom. The zero-order chi connectivity index (χ0) is 18.9. The van der Waals surface area contributed by atoms with Crippen LogP contribution in [-0.2, 0) is 6.18 Å². The summed E-state index contributed by atoms with van der Waals surface area (Å²) in [4.78, 5) is 16.6. The van der Waals surface area contributed by atoms with Gasteiger partial charge in [-0.1, -0.05) is 6.07 Å². The molecule has 3 rings (SSSR count). The van der Waals surface area contributed by atoms with Gasteiger partial charge in [-0.2, -0.15) is 18.4 Å². The fraction of sp³-hybridized carbons (Fsp3) is 0.278. The maximum Gasteiger partial charge on any atom is 0.417 e. The minimum absolute atomic E-state index is 0.0504. The summed E-state index contributed by atoms with van der Waals surface area (Å²) >= 11 is 0. The van der Waals surface area contributed by atoms with E-state index in [0.717, 1.165) is 18.1 Å². The maximum atomic E-state index is 13.1. The molecule has 134 valence electrons. The molecule has 0 saturated carbocycles. The van der Waals surface area contributed by atoms with Gasteiger partial charge in [0.1, 0.15) is 5.69 Å². The number of nitriles is 1. The van der Waals surface area contributed by atoms with E-state index in [2.05, 4.69) is 4.98 Å². The second-order valence-electron chi connectivity index (χ2n) is 6.05. The van der Waals surface area contributed by atoms with E-state index < -0.39 is 23.3 Å². The number of halogens is 3. The Balaban J connectivity index is 1.80. The number of pyridine rings is 1. The average Bonchev–Trinajstić information content (AvgIpc) is 3.10. The molecule has 26 heavy (non-hydrogen) atoms. The van der Waals surface area contributed by atoms with Crippen LogP contribution in [0.15, 0.2) is 36.5 Å². The summed E-state index contributed by atoms with van der Waals surface area (Å²) in [6.45, 7) is 1.06. The first-order chi connectivity index (χ1) is 12.3. The first-order valence-electron chi connectivity index (χ1n) is 7.85. The molecule has 1 atom stereocenters. The van der Waals surface area contributed by atoms with Crippen LogP contribution >= 0.6 is 0 Å². The molecular formula is C18H14F3N3O2. The van der Waals surface area contributed by atoms with Gasteiger partial charge in [0.05, 0.1) is 17.2 Å². The van der Waals surface area contributed by atoms with E-state index in [4.69, 9.17) is 10.4 Å². The standard InChI is InChI=1S/C18H14F3N3O2/c19-18(20,21)15-7-14(3-1-11(15)8-22)24-6-5-13(10-24)12-2-4-16(17(25)26)23-9-12/h1-4,7,9,13H,5-6,10H2,(H,25,26). The van der Waals surface area contributed by atoms with Crippen molar-refractivity contribution >= 4 is 11.7 Å². The summed E-state index contributed by atoms with van der Waals surface area (Å²) in [7, 11) is 0. The van der Waals surface area contributed by atoms with Crippen molar-refractivity contribution in [2.45, 2.75) is 18.5 Å². The van der Waals surface area contributed by atoms with Crippen molar-refractivity contribution < 1.29 is 23.1 Å². The van der Waals surface area contributed by atoms with Gasteiger partial charge in [0.2, 0.25) is 0 Å². The minimum atomic E-state index is -4.59. The van der Waals surface area contributed by atoms with E-state index >= 15 is 0 Å². The fourth-order valence-electron chi connectivity index (χ4n) is 3.10. The van der Waals surface area contributed by atoms with Crippen LogP contribution in [0.25, 0.3) is 0 Å². The maximum absolute atomic E-state index is 13.1. The lowest BCUT2D eigenvalue weighted by molar-refractivity contribution is -0.137. The second-order valence-corrected chi connectivity index (χ2v) is 6.05. The molecule has 2 heterocycles. The minimum Gasteiger partial charge on any atom is -0.477 e. The summed E-state index contributed by atoms with van der Waals surface area (Å²) in [5, 5.41) is 17.8. The number of aromatic carboxylic acids is 1. The van der Waals surface area contributed by atoms with Crippen LogP contribution in [0.4, 0.5) is 18.9 Å². The van der Waals surface area contributed by atoms with Crippen molar-refractivity contribution in [1.29, 1.82) is 5.26 Å². The van der Waals surface area contributed by atoms with Gasteiger partial charge in [-0.05, 0) is 36.2 Å². The number of carboxylic acid groups (broad SMARTS) is 1. The van der Waals surface area contributed by atoms with Crippen molar-refractivity contribution in [2.75, 3.05) is 18.0 Å². The highest BCUT2D eigenvalue weighted by Crippen LogP contribution is 2.36. The highest BCUT2D eigenvalue weighted by Gasteiger charge is 2.35. The first-order valence-corrected chi connectivity index (χ1v) is 7.85. The topological polar surface area (TPSA) is 77.2 Å². The Labute approximate surface area is 147 Å². The summed E-state index contributed by atoms with van der Waals surface area (Å²) in [6.07, 6.45) is -2.37. The number of carbonyl (C=O) groups is 1. The van der Waals surface area contributed by atoms with Crippen LogP contribution in [0, 0.1) is 11.3 Å². The molecule has 1 unspecified atom stereocenters. The number of rotatable bonds is 3. The molecule has 0 aliphatic carbocycles. The molecule has 0 radical (unpaired) electrons. The molecule has 1 fully saturated rings. The summed E-state index contributed by atoms with van der Waals surface area (Å²) < 4.78 is 39.4. The highest BCUT2D eigenvalue weighted by atomic mass is 19.4. The fourth-order valence-corrected chi connectivity index (χ4v) is 3.10. The van der Waals surface area contributed by atoms with E-state index in [9.17, 15) is 18.0 Å². The molecule has 1 N–H and O–H groups in total. The number of hydrogen-bond acceptors (Lipinski definition) is 4. The van der Waals surface area contributed by atoms with Crippen LogP contribution in [0.3, 0.4) is 0 Å². The van der Waals surface area contributed by atoms with Crippen molar-refractivity contribution in [2.24, 2.45) is 0 Å². The molecule has 1 aromatic carbocycles. The predicted octanol–water partition coefficient (Wildman–Crippen LogP) is 3.66. The SMILES string of the molecule is N#Cc1ccc(N2CCC(c3ccc(C(=O)O)nc3)C2)cc1C(F)(F)F. The summed E-state index contributed by atoms with van der Waals surface area (Å²) in [6, 6.07) is 8.39. The smallest absolute Gasteiger partial charge is 0.417 e. The molecule has 0 bridgehead atoms. The monoisotopic (exact) mass is 361 g/mol. The van der Waals surface area contributed by atoms with E-state index in [0.29, 0.717) is 18.8 Å². The van der Waals surface area contributed by atoms with Crippen LogP contribution in [0.2, 0.25) is 0 Å². The van der Waals surface area contributed by atoms with E-state index in [1.165, 1.54) is 24.4 Å². The number of hydrogen-bond donors (Lipinski definition) is 1. The van der Waals surface area contributed by atoms with Gasteiger partial charge >= 0.3 is 12.1 Å². The van der Waals surface area contributed by atoms with E-state index in [1.807, 2.05) is 4.90 Å². The number of nitrogens with zero attached hydrogens (tertiary/aromatic N) is 3. The van der Waals surface area contributed by atoms with Crippen LogP contribution in [0.1, 0.15) is 39.5 Å². The average molecular weight is 361 g/mol. The molecule has 1 aliphatic heterocycles. The van der Waals surface area contributed by atoms with Crippen LogP contribution in [0.5, 0.6) is 0 Å². The third-order valence-electron chi connectivity index (χ3n) is 4.46. The molecule has 0 amide bonds. The molecule has 8 heteroatoms. The van der Waals surface area contributed by atoms with E-state index in [1.54, 1.807) is 12.1 Å². The van der Waals surface area contributed by atoms with Gasteiger partial charge in [0.25, 0.3) is 0 Å². The number of benzene rings is 1. The molecule has 5 nitrogen and oxygen atoms in total. The Bertz CT molecular complexity index is 873. The largest absolute Gasteiger partial charge is 0.477 e. The van der Waals surface area contributed by atoms with Crippen LogP contribution in [-0.4, -0.2) is 29.1 Å². The molecule has 0 spiro atoms. The summed E-state index contributed by atoms with van der Waals surface area (Å²) in [5.74, 6) is -1.06. The van der Waals surface area contributed by atoms with E-state index in [-0.39, 0.29) is 11.6 Å². The number of alkyl halides is 3. The number of aromatic nitrogens is 1. The normalized spacial score (nSPS) is 17.2. The quantitative estimate of drug-likeness (QED) is 0.903. The lowest BCUT2D eigenvalue weighted by Gasteiger charge is -2.21. The Kier molecular flexibility index (Phi) is 4.55. The highest BCUT2D eigenvalue weighted by molar-refractivity contribution is 5.85. The van der Waals surface area contributed by atoms with Crippen molar-refractivity contribution in [1.82, 2.24) is 4.98 Å². The lowest BCUT2D eigenvalue weighted by Crippen LogP contribution is -2.20. The first kappa shape index (κ1) is 17.7. The van der Waals surface area contributed by atoms with Gasteiger partial charge in [-0.3, -0.25) is 0 Å². The van der Waals surface area contributed by atoms with Crippen molar-refractivity contribution in [3.63, 3.8) is 0 Å². The van der Waals surface area contributed by atoms with Gasteiger partial charge in [0, 0.05) is 30.9 Å². The third-order valence-corrected chi connectivity index (χ3v) is 4.46. The molecular weight excluding hydrogens is 347 g/mol. The van der Waals surface area contributed by atoms with Gasteiger partial charge in [0.15, 0.2) is 0 Å². The molecule has 1 aromatic heterocycles. The molecule has 1 saturated heterocycles. The molecule has 1 aliphatic rings. The van der Waals surface area contributed by atoms with Crippen LogP contribution < -0.4 is 4.90 Å². The zero-order valence-electron chi connectivity index (χ0n) is 13.5. The van der Waals surface area contributed by atoms with Gasteiger partial charge < -0.3 is 10.0 Å².